The van der Waals surface area contributed by atoms with Gasteiger partial charge in [-0.05, 0) is 17.7 Å². The van der Waals surface area contributed by atoms with Gasteiger partial charge in [0.25, 0.3) is 0 Å². The Labute approximate surface area is 121 Å². The monoisotopic (exact) mass is 301 g/mol. The molecule has 0 unspecified atom stereocenters. The molecule has 1 aromatic rings. The van der Waals surface area contributed by atoms with E-state index < -0.39 is 36.5 Å². The summed E-state index contributed by atoms with van der Waals surface area (Å²) in [6.07, 6.45) is -4.71. The number of hydrogen-bond donors (Lipinski definition) is 5. The summed E-state index contributed by atoms with van der Waals surface area (Å²) in [7, 11) is 0. The molecule has 20 heavy (non-hydrogen) atoms. The molecule has 0 aromatic heterocycles. The average molecular weight is 301 g/mol. The van der Waals surface area contributed by atoms with E-state index >= 15 is 0 Å². The van der Waals surface area contributed by atoms with Gasteiger partial charge in [-0.3, -0.25) is 0 Å². The van der Waals surface area contributed by atoms with Gasteiger partial charge in [0.05, 0.1) is 6.61 Å². The zero-order valence-electron chi connectivity index (χ0n) is 10.8. The molecule has 0 spiro atoms. The van der Waals surface area contributed by atoms with E-state index in [0.717, 1.165) is 5.56 Å². The van der Waals surface area contributed by atoms with Crippen molar-refractivity contribution in [2.45, 2.75) is 35.6 Å². The minimum absolute atomic E-state index is 0.413. The van der Waals surface area contributed by atoms with Crippen LogP contribution in [0.2, 0.25) is 0 Å². The van der Waals surface area contributed by atoms with Crippen LogP contribution in [0.3, 0.4) is 0 Å². The summed E-state index contributed by atoms with van der Waals surface area (Å²) in [5.41, 5.74) is 6.57. The van der Waals surface area contributed by atoms with Crippen molar-refractivity contribution in [3.63, 3.8) is 0 Å². The van der Waals surface area contributed by atoms with Crippen LogP contribution in [0.1, 0.15) is 5.56 Å². The topological polar surface area (TPSA) is 116 Å². The van der Waals surface area contributed by atoms with Crippen molar-refractivity contribution < 1.29 is 25.2 Å². The number of rotatable bonds is 4. The van der Waals surface area contributed by atoms with Gasteiger partial charge in [0.2, 0.25) is 0 Å². The maximum atomic E-state index is 9.89. The smallest absolute Gasteiger partial charge is 0.132 e. The molecule has 7 heteroatoms. The fourth-order valence-corrected chi connectivity index (χ4v) is 3.13. The highest BCUT2D eigenvalue weighted by atomic mass is 32.2. The molecular weight excluding hydrogens is 282 g/mol. The largest absolute Gasteiger partial charge is 0.399 e. The Bertz CT molecular complexity index is 427. The van der Waals surface area contributed by atoms with Crippen LogP contribution in [0, 0.1) is 0 Å². The predicted octanol–water partition coefficient (Wildman–Crippen LogP) is -0.698. The Morgan fingerprint density at radius 2 is 1.70 bits per heavy atom. The molecule has 6 nitrogen and oxygen atoms in total. The van der Waals surface area contributed by atoms with Gasteiger partial charge < -0.3 is 30.9 Å². The van der Waals surface area contributed by atoms with Crippen LogP contribution in [0.25, 0.3) is 0 Å². The van der Waals surface area contributed by atoms with Crippen molar-refractivity contribution in [1.29, 1.82) is 0 Å². The second kappa shape index (κ2) is 6.75. The number of anilines is 1. The minimum Gasteiger partial charge on any atom is -0.399 e. The summed E-state index contributed by atoms with van der Waals surface area (Å²) in [4.78, 5) is 0. The molecule has 0 bridgehead atoms. The lowest BCUT2D eigenvalue weighted by molar-refractivity contribution is -0.205. The lowest BCUT2D eigenvalue weighted by Crippen LogP contribution is -2.57. The van der Waals surface area contributed by atoms with Gasteiger partial charge in [-0.1, -0.05) is 12.1 Å². The molecule has 0 radical (unpaired) electrons. The van der Waals surface area contributed by atoms with Gasteiger partial charge >= 0.3 is 0 Å². The lowest BCUT2D eigenvalue weighted by atomic mass is 10.0. The van der Waals surface area contributed by atoms with Gasteiger partial charge in [0, 0.05) is 11.4 Å². The minimum atomic E-state index is -1.33. The van der Waals surface area contributed by atoms with E-state index in [9.17, 15) is 15.3 Å². The summed E-state index contributed by atoms with van der Waals surface area (Å²) < 4.78 is 5.40. The first-order valence-corrected chi connectivity index (χ1v) is 7.34. The Balaban J connectivity index is 1.95. The highest BCUT2D eigenvalue weighted by Crippen LogP contribution is 2.30. The molecule has 1 heterocycles. The molecule has 5 atom stereocenters. The van der Waals surface area contributed by atoms with E-state index in [0.29, 0.717) is 11.4 Å². The Morgan fingerprint density at radius 3 is 2.30 bits per heavy atom. The summed E-state index contributed by atoms with van der Waals surface area (Å²) >= 11 is 1.29. The molecule has 0 amide bonds. The van der Waals surface area contributed by atoms with Crippen molar-refractivity contribution in [3.05, 3.63) is 29.8 Å². The highest BCUT2D eigenvalue weighted by Gasteiger charge is 2.43. The molecule has 1 aliphatic rings. The van der Waals surface area contributed by atoms with Crippen LogP contribution in [0.15, 0.2) is 24.3 Å². The van der Waals surface area contributed by atoms with Crippen LogP contribution in [-0.2, 0) is 10.5 Å². The summed E-state index contributed by atoms with van der Waals surface area (Å²) in [6.45, 7) is -0.413. The zero-order chi connectivity index (χ0) is 14.7. The van der Waals surface area contributed by atoms with Crippen LogP contribution in [-0.4, -0.2) is 56.9 Å². The molecule has 6 N–H and O–H groups in total. The Hall–Kier alpha value is -0.830. The van der Waals surface area contributed by atoms with E-state index in [-0.39, 0.29) is 0 Å². The third-order valence-corrected chi connectivity index (χ3v) is 4.46. The van der Waals surface area contributed by atoms with Gasteiger partial charge in [-0.25, -0.2) is 0 Å². The normalized spacial score (nSPS) is 34.1. The molecule has 1 aromatic carbocycles. The molecule has 112 valence electrons. The van der Waals surface area contributed by atoms with Gasteiger partial charge in [-0.2, -0.15) is 0 Å². The predicted molar refractivity (Wildman–Crippen MR) is 75.9 cm³/mol. The first kappa shape index (κ1) is 15.6. The average Bonchev–Trinajstić information content (AvgIpc) is 2.46. The van der Waals surface area contributed by atoms with E-state index in [1.54, 1.807) is 12.1 Å². The number of nitrogen functional groups attached to an aromatic ring is 1. The highest BCUT2D eigenvalue weighted by molar-refractivity contribution is 7.99. The summed E-state index contributed by atoms with van der Waals surface area (Å²) in [5.74, 6) is 0.559. The molecule has 0 saturated carbocycles. The number of hydrogen-bond acceptors (Lipinski definition) is 7. The standard InChI is InChI=1S/C13H19NO5S/c14-8-3-1-7(2-4-8)6-20-13-12(18)11(17)10(16)9(5-15)19-13/h1-4,9-13,15-18H,5-6,14H2/t9-,10-,11+,12+,13-/m1/s1. The first-order chi connectivity index (χ1) is 9.52. The van der Waals surface area contributed by atoms with Gasteiger partial charge in [-0.15, -0.1) is 11.8 Å². The van der Waals surface area contributed by atoms with Crippen LogP contribution in [0.5, 0.6) is 0 Å². The third-order valence-electron chi connectivity index (χ3n) is 3.24. The van der Waals surface area contributed by atoms with Crippen LogP contribution >= 0.6 is 11.8 Å². The van der Waals surface area contributed by atoms with Crippen molar-refractivity contribution in [1.82, 2.24) is 0 Å². The second-order valence-corrected chi connectivity index (χ2v) is 5.84. The van der Waals surface area contributed by atoms with Crippen LogP contribution in [0.4, 0.5) is 5.69 Å². The lowest BCUT2D eigenvalue weighted by Gasteiger charge is -2.39. The number of thioether (sulfide) groups is 1. The maximum absolute atomic E-state index is 9.89. The summed E-state index contributed by atoms with van der Waals surface area (Å²) in [6, 6.07) is 7.30. The first-order valence-electron chi connectivity index (χ1n) is 6.29. The quantitative estimate of drug-likeness (QED) is 0.467. The fraction of sp³-hybridized carbons (Fsp3) is 0.538. The molecule has 1 saturated heterocycles. The molecule has 1 fully saturated rings. The molecule has 1 aliphatic heterocycles. The van der Waals surface area contributed by atoms with Crippen molar-refractivity contribution in [2.24, 2.45) is 0 Å². The Kier molecular flexibility index (Phi) is 5.25. The number of ether oxygens (including phenoxy) is 1. The Morgan fingerprint density at radius 1 is 1.05 bits per heavy atom. The zero-order valence-corrected chi connectivity index (χ0v) is 11.6. The molecule has 0 aliphatic carbocycles. The van der Waals surface area contributed by atoms with Gasteiger partial charge in [0.15, 0.2) is 0 Å². The number of benzene rings is 1. The van der Waals surface area contributed by atoms with E-state index in [2.05, 4.69) is 0 Å². The number of nitrogens with two attached hydrogens (primary N) is 1. The van der Waals surface area contributed by atoms with Crippen molar-refractivity contribution in [2.75, 3.05) is 12.3 Å². The maximum Gasteiger partial charge on any atom is 0.132 e. The number of aliphatic hydroxyl groups excluding tert-OH is 4. The van der Waals surface area contributed by atoms with Crippen LogP contribution < -0.4 is 5.73 Å². The van der Waals surface area contributed by atoms with E-state index in [1.807, 2.05) is 12.1 Å². The molecule has 2 rings (SSSR count). The van der Waals surface area contributed by atoms with Crippen molar-refractivity contribution >= 4 is 17.4 Å². The van der Waals surface area contributed by atoms with E-state index in [4.69, 9.17) is 15.6 Å². The van der Waals surface area contributed by atoms with E-state index in [1.165, 1.54) is 11.8 Å². The summed E-state index contributed by atoms with van der Waals surface area (Å²) in [5, 5.41) is 38.3. The third kappa shape index (κ3) is 3.43. The second-order valence-electron chi connectivity index (χ2n) is 4.75. The SMILES string of the molecule is Nc1ccc(CS[C@H]2O[C@H](CO)[C@@H](O)[C@H](O)[C@@H]2O)cc1. The number of aliphatic hydroxyl groups is 4. The fourth-order valence-electron chi connectivity index (χ4n) is 2.00. The molecular formula is C13H19NO5S. The van der Waals surface area contributed by atoms with Gasteiger partial charge in [0.1, 0.15) is 29.9 Å². The van der Waals surface area contributed by atoms with Crippen molar-refractivity contribution in [3.8, 4) is 0 Å².